The molecule has 0 unspecified atom stereocenters. The van der Waals surface area contributed by atoms with Gasteiger partial charge in [-0.25, -0.2) is 9.97 Å². The molecule has 0 amide bonds. The summed E-state index contributed by atoms with van der Waals surface area (Å²) in [5.41, 5.74) is 9.99. The van der Waals surface area contributed by atoms with Crippen LogP contribution in [0, 0.1) is 5.92 Å². The predicted octanol–water partition coefficient (Wildman–Crippen LogP) is 5.32. The topological polar surface area (TPSA) is 94.5 Å². The summed E-state index contributed by atoms with van der Waals surface area (Å²) in [5.74, 6) is 1.62. The lowest BCUT2D eigenvalue weighted by Gasteiger charge is -2.22. The summed E-state index contributed by atoms with van der Waals surface area (Å²) in [5, 5.41) is 9.51. The number of nitrogens with zero attached hydrogens (tertiary/aromatic N) is 5. The normalized spacial score (nSPS) is 14.7. The second-order valence-electron chi connectivity index (χ2n) is 8.45. The molecule has 3 heterocycles. The van der Waals surface area contributed by atoms with Crippen molar-refractivity contribution in [2.45, 2.75) is 32.1 Å². The number of nitrogens with two attached hydrogens (primary N) is 1. The fraction of sp³-hybridized carbons (Fsp3) is 0.333. The predicted molar refractivity (Wildman–Crippen MR) is 129 cm³/mol. The molecule has 8 heteroatoms. The van der Waals surface area contributed by atoms with Gasteiger partial charge in [0.05, 0.1) is 10.5 Å². The third-order valence-corrected chi connectivity index (χ3v) is 6.38. The van der Waals surface area contributed by atoms with E-state index in [9.17, 15) is 0 Å². The van der Waals surface area contributed by atoms with Crippen LogP contribution in [0.5, 0.6) is 0 Å². The quantitative estimate of drug-likeness (QED) is 0.430. The summed E-state index contributed by atoms with van der Waals surface area (Å²) in [4.78, 5) is 14.1. The van der Waals surface area contributed by atoms with Gasteiger partial charge in [0.2, 0.25) is 0 Å². The van der Waals surface area contributed by atoms with Crippen LogP contribution in [-0.2, 0) is 7.05 Å². The molecule has 4 aromatic rings. The maximum absolute atomic E-state index is 6.58. The van der Waals surface area contributed by atoms with E-state index in [-0.39, 0.29) is 0 Å². The average Bonchev–Trinajstić information content (AvgIpc) is 3.25. The Labute approximate surface area is 192 Å². The molecule has 0 saturated heterocycles. The molecular formula is C24H26ClN7. The van der Waals surface area contributed by atoms with Gasteiger partial charge < -0.3 is 11.1 Å². The molecule has 0 bridgehead atoms. The minimum absolute atomic E-state index is 0.374. The third kappa shape index (κ3) is 4.12. The lowest BCUT2D eigenvalue weighted by atomic mass is 9.89. The van der Waals surface area contributed by atoms with Gasteiger partial charge in [0.1, 0.15) is 17.1 Å². The van der Waals surface area contributed by atoms with Gasteiger partial charge in [-0.3, -0.25) is 9.67 Å². The van der Waals surface area contributed by atoms with Crippen LogP contribution in [0.1, 0.15) is 32.1 Å². The van der Waals surface area contributed by atoms with E-state index in [4.69, 9.17) is 27.3 Å². The summed E-state index contributed by atoms with van der Waals surface area (Å²) in [6.45, 7) is 0.851. The zero-order valence-corrected chi connectivity index (χ0v) is 18.8. The van der Waals surface area contributed by atoms with Gasteiger partial charge in [-0.05, 0) is 43.0 Å². The van der Waals surface area contributed by atoms with Gasteiger partial charge in [0, 0.05) is 36.9 Å². The Balaban J connectivity index is 1.59. The first-order chi connectivity index (χ1) is 15.6. The molecule has 0 radical (unpaired) electrons. The Kier molecular flexibility index (Phi) is 5.66. The van der Waals surface area contributed by atoms with Crippen molar-refractivity contribution >= 4 is 34.1 Å². The molecule has 0 aliphatic heterocycles. The number of rotatable bonds is 5. The van der Waals surface area contributed by atoms with E-state index in [2.05, 4.69) is 15.4 Å². The zero-order chi connectivity index (χ0) is 22.1. The number of halogens is 1. The molecular weight excluding hydrogens is 422 g/mol. The molecule has 7 nitrogen and oxygen atoms in total. The maximum Gasteiger partial charge on any atom is 0.169 e. The lowest BCUT2D eigenvalue weighted by Crippen LogP contribution is -2.19. The Bertz CT molecular complexity index is 1260. The van der Waals surface area contributed by atoms with Crippen LogP contribution in [0.2, 0.25) is 5.02 Å². The number of nitrogen functional groups attached to an aromatic ring is 1. The standard InChI is InChI=1S/C24H26ClN7/c1-32-11-9-19(31-32)22-21(17-12-16-8-5-10-27-20(16)18(25)13-17)30-24(23(26)29-22)28-14-15-6-3-2-4-7-15/h5,8-13,15H,2-4,6-7,14H2,1H3,(H2,26,29)(H,28,30). The maximum atomic E-state index is 6.58. The zero-order valence-electron chi connectivity index (χ0n) is 18.1. The highest BCUT2D eigenvalue weighted by atomic mass is 35.5. The van der Waals surface area contributed by atoms with Gasteiger partial charge in [-0.1, -0.05) is 36.9 Å². The van der Waals surface area contributed by atoms with Gasteiger partial charge in [0.15, 0.2) is 11.6 Å². The molecule has 1 aromatic carbocycles. The summed E-state index contributed by atoms with van der Waals surface area (Å²) in [7, 11) is 1.87. The van der Waals surface area contributed by atoms with E-state index in [0.29, 0.717) is 39.7 Å². The minimum atomic E-state index is 0.374. The molecule has 3 aromatic heterocycles. The van der Waals surface area contributed by atoms with Crippen molar-refractivity contribution in [3.63, 3.8) is 0 Å². The summed E-state index contributed by atoms with van der Waals surface area (Å²) in [6, 6.07) is 9.71. The third-order valence-electron chi connectivity index (χ3n) is 6.09. The first kappa shape index (κ1) is 20.7. The van der Waals surface area contributed by atoms with Crippen molar-refractivity contribution in [2.24, 2.45) is 13.0 Å². The number of nitrogens with one attached hydrogen (secondary N) is 1. The summed E-state index contributed by atoms with van der Waals surface area (Å²) in [6.07, 6.45) is 10.0. The Morgan fingerprint density at radius 2 is 1.97 bits per heavy atom. The number of hydrogen-bond acceptors (Lipinski definition) is 6. The average molecular weight is 448 g/mol. The fourth-order valence-corrected chi connectivity index (χ4v) is 4.69. The van der Waals surface area contributed by atoms with E-state index in [0.717, 1.165) is 23.0 Å². The molecule has 1 aliphatic carbocycles. The Morgan fingerprint density at radius 3 is 2.75 bits per heavy atom. The highest BCUT2D eigenvalue weighted by Crippen LogP contribution is 2.35. The van der Waals surface area contributed by atoms with E-state index in [1.54, 1.807) is 10.9 Å². The van der Waals surface area contributed by atoms with Gasteiger partial charge in [-0.2, -0.15) is 5.10 Å². The number of hydrogen-bond donors (Lipinski definition) is 2. The van der Waals surface area contributed by atoms with Crippen LogP contribution in [-0.4, -0.2) is 31.3 Å². The number of anilines is 2. The first-order valence-corrected chi connectivity index (χ1v) is 11.4. The summed E-state index contributed by atoms with van der Waals surface area (Å²) >= 11 is 6.58. The van der Waals surface area contributed by atoms with Crippen LogP contribution in [0.3, 0.4) is 0 Å². The molecule has 0 atom stereocenters. The number of pyridine rings is 1. The molecule has 0 spiro atoms. The largest absolute Gasteiger partial charge is 0.381 e. The van der Waals surface area contributed by atoms with E-state index < -0.39 is 0 Å². The van der Waals surface area contributed by atoms with Crippen molar-refractivity contribution in [3.8, 4) is 22.6 Å². The number of benzene rings is 1. The van der Waals surface area contributed by atoms with Crippen LogP contribution < -0.4 is 11.1 Å². The smallest absolute Gasteiger partial charge is 0.169 e. The molecule has 3 N–H and O–H groups in total. The molecule has 1 aliphatic rings. The fourth-order valence-electron chi connectivity index (χ4n) is 4.42. The number of aromatic nitrogens is 5. The Morgan fingerprint density at radius 1 is 1.12 bits per heavy atom. The molecule has 1 saturated carbocycles. The van der Waals surface area contributed by atoms with Crippen LogP contribution in [0.4, 0.5) is 11.6 Å². The molecule has 164 valence electrons. The second kappa shape index (κ2) is 8.74. The van der Waals surface area contributed by atoms with Gasteiger partial charge in [-0.15, -0.1) is 0 Å². The van der Waals surface area contributed by atoms with Crippen LogP contribution in [0.15, 0.2) is 42.7 Å². The highest BCUT2D eigenvalue weighted by Gasteiger charge is 2.20. The SMILES string of the molecule is Cn1ccc(-c2nc(N)c(NCC3CCCCC3)nc2-c2cc(Cl)c3ncccc3c2)n1. The van der Waals surface area contributed by atoms with Crippen LogP contribution >= 0.6 is 11.6 Å². The van der Waals surface area contributed by atoms with Crippen molar-refractivity contribution in [1.82, 2.24) is 24.7 Å². The molecule has 1 fully saturated rings. The molecule has 32 heavy (non-hydrogen) atoms. The van der Waals surface area contributed by atoms with Crippen LogP contribution in [0.25, 0.3) is 33.5 Å². The van der Waals surface area contributed by atoms with Crippen molar-refractivity contribution in [2.75, 3.05) is 17.6 Å². The number of aryl methyl sites for hydroxylation is 1. The van der Waals surface area contributed by atoms with E-state index in [1.807, 2.05) is 43.6 Å². The number of fused-ring (bicyclic) bond motifs is 1. The van der Waals surface area contributed by atoms with Gasteiger partial charge >= 0.3 is 0 Å². The minimum Gasteiger partial charge on any atom is -0.381 e. The summed E-state index contributed by atoms with van der Waals surface area (Å²) < 4.78 is 1.74. The van der Waals surface area contributed by atoms with E-state index >= 15 is 0 Å². The first-order valence-electron chi connectivity index (χ1n) is 11.0. The monoisotopic (exact) mass is 447 g/mol. The Hall–Kier alpha value is -3.19. The van der Waals surface area contributed by atoms with Crippen molar-refractivity contribution in [1.29, 1.82) is 0 Å². The van der Waals surface area contributed by atoms with Crippen molar-refractivity contribution in [3.05, 3.63) is 47.7 Å². The second-order valence-corrected chi connectivity index (χ2v) is 8.85. The van der Waals surface area contributed by atoms with E-state index in [1.165, 1.54) is 32.1 Å². The molecule has 5 rings (SSSR count). The highest BCUT2D eigenvalue weighted by molar-refractivity contribution is 6.35. The lowest BCUT2D eigenvalue weighted by molar-refractivity contribution is 0.373. The van der Waals surface area contributed by atoms with Crippen molar-refractivity contribution < 1.29 is 0 Å². The van der Waals surface area contributed by atoms with Gasteiger partial charge in [0.25, 0.3) is 0 Å².